The molecule has 1 aliphatic rings. The second-order valence-corrected chi connectivity index (χ2v) is 6.67. The quantitative estimate of drug-likeness (QED) is 0.884. The number of aromatic nitrogens is 1. The fraction of sp³-hybridized carbons (Fsp3) is 0.786. The van der Waals surface area contributed by atoms with Crippen molar-refractivity contribution in [2.45, 2.75) is 64.8 Å². The largest absolute Gasteiger partial charge is 0.326 e. The van der Waals surface area contributed by atoms with E-state index in [0.717, 1.165) is 12.3 Å². The van der Waals surface area contributed by atoms with Gasteiger partial charge in [-0.1, -0.05) is 33.1 Å². The van der Waals surface area contributed by atoms with Crippen molar-refractivity contribution in [2.24, 2.45) is 11.7 Å². The highest BCUT2D eigenvalue weighted by molar-refractivity contribution is 7.11. The lowest BCUT2D eigenvalue weighted by Gasteiger charge is -2.18. The predicted molar refractivity (Wildman–Crippen MR) is 74.4 cm³/mol. The van der Waals surface area contributed by atoms with Gasteiger partial charge < -0.3 is 5.73 Å². The van der Waals surface area contributed by atoms with Crippen molar-refractivity contribution >= 4 is 11.3 Å². The molecular weight excluding hydrogens is 228 g/mol. The van der Waals surface area contributed by atoms with Crippen LogP contribution in [0.1, 0.15) is 67.4 Å². The van der Waals surface area contributed by atoms with Crippen LogP contribution in [0.25, 0.3) is 0 Å². The maximum Gasteiger partial charge on any atom is 0.0962 e. The highest BCUT2D eigenvalue weighted by Gasteiger charge is 2.21. The summed E-state index contributed by atoms with van der Waals surface area (Å²) < 4.78 is 0. The molecule has 0 amide bonds. The Morgan fingerprint density at radius 3 is 2.59 bits per heavy atom. The Balaban J connectivity index is 2.14. The Morgan fingerprint density at radius 2 is 2.00 bits per heavy atom. The van der Waals surface area contributed by atoms with Crippen molar-refractivity contribution in [3.63, 3.8) is 0 Å². The molecule has 0 spiro atoms. The highest BCUT2D eigenvalue weighted by atomic mass is 32.1. The van der Waals surface area contributed by atoms with Crippen molar-refractivity contribution in [1.29, 1.82) is 0 Å². The molecule has 1 heterocycles. The maximum atomic E-state index is 5.84. The number of thiazole rings is 1. The van der Waals surface area contributed by atoms with Crippen molar-refractivity contribution < 1.29 is 0 Å². The molecule has 1 aliphatic carbocycles. The van der Waals surface area contributed by atoms with Crippen molar-refractivity contribution in [2.75, 3.05) is 0 Å². The Morgan fingerprint density at radius 1 is 1.29 bits per heavy atom. The maximum absolute atomic E-state index is 5.84. The van der Waals surface area contributed by atoms with Gasteiger partial charge in [0, 0.05) is 17.3 Å². The first kappa shape index (κ1) is 13.0. The zero-order valence-electron chi connectivity index (χ0n) is 11.0. The van der Waals surface area contributed by atoms with Gasteiger partial charge in [0.2, 0.25) is 0 Å². The number of hydrogen-bond donors (Lipinski definition) is 1. The zero-order chi connectivity index (χ0) is 12.3. The average molecular weight is 252 g/mol. The van der Waals surface area contributed by atoms with Crippen LogP contribution < -0.4 is 5.73 Å². The normalized spacial score (nSPS) is 17.9. The Labute approximate surface area is 109 Å². The molecule has 2 N–H and O–H groups in total. The highest BCUT2D eigenvalue weighted by Crippen LogP contribution is 2.36. The first-order valence-corrected chi connectivity index (χ1v) is 7.71. The van der Waals surface area contributed by atoms with E-state index in [-0.39, 0.29) is 0 Å². The van der Waals surface area contributed by atoms with Crippen LogP contribution in [0.3, 0.4) is 0 Å². The number of nitrogens with zero attached hydrogens (tertiary/aromatic N) is 1. The summed E-state index contributed by atoms with van der Waals surface area (Å²) in [6.45, 7) is 5.16. The van der Waals surface area contributed by atoms with Crippen LogP contribution in [0, 0.1) is 5.92 Å². The monoisotopic (exact) mass is 252 g/mol. The fourth-order valence-corrected chi connectivity index (χ4v) is 3.77. The molecule has 1 fully saturated rings. The molecule has 0 unspecified atom stereocenters. The van der Waals surface area contributed by atoms with Gasteiger partial charge in [0.25, 0.3) is 0 Å². The predicted octanol–water partition coefficient (Wildman–Crippen LogP) is 3.85. The molecule has 2 nitrogen and oxygen atoms in total. The van der Waals surface area contributed by atoms with Gasteiger partial charge in [-0.3, -0.25) is 0 Å². The third-order valence-corrected chi connectivity index (χ3v) is 4.82. The van der Waals surface area contributed by atoms with Crippen LogP contribution in [0.4, 0.5) is 0 Å². The molecule has 1 aromatic heterocycles. The van der Waals surface area contributed by atoms with E-state index in [1.807, 2.05) is 11.3 Å². The average Bonchev–Trinajstić information content (AvgIpc) is 2.72. The topological polar surface area (TPSA) is 38.9 Å². The van der Waals surface area contributed by atoms with E-state index in [1.54, 1.807) is 0 Å². The summed E-state index contributed by atoms with van der Waals surface area (Å²) in [6, 6.07) is 0. The molecule has 2 rings (SSSR count). The first-order valence-electron chi connectivity index (χ1n) is 6.89. The van der Waals surface area contributed by atoms with E-state index in [4.69, 9.17) is 10.7 Å². The molecule has 0 atom stereocenters. The van der Waals surface area contributed by atoms with E-state index < -0.39 is 0 Å². The van der Waals surface area contributed by atoms with Crippen LogP contribution in [0.15, 0.2) is 0 Å². The van der Waals surface area contributed by atoms with Gasteiger partial charge in [-0.05, 0) is 25.2 Å². The van der Waals surface area contributed by atoms with E-state index in [0.29, 0.717) is 12.5 Å². The van der Waals surface area contributed by atoms with Crippen LogP contribution in [0.2, 0.25) is 0 Å². The minimum Gasteiger partial charge on any atom is -0.326 e. The number of rotatable bonds is 4. The summed E-state index contributed by atoms with van der Waals surface area (Å²) in [7, 11) is 0. The van der Waals surface area contributed by atoms with Crippen LogP contribution in [0.5, 0.6) is 0 Å². The van der Waals surface area contributed by atoms with Gasteiger partial charge in [-0.25, -0.2) is 4.98 Å². The van der Waals surface area contributed by atoms with E-state index in [2.05, 4.69) is 13.8 Å². The van der Waals surface area contributed by atoms with Crippen LogP contribution >= 0.6 is 11.3 Å². The molecule has 0 aliphatic heterocycles. The summed E-state index contributed by atoms with van der Waals surface area (Å²) in [6.07, 6.45) is 7.90. The van der Waals surface area contributed by atoms with Crippen molar-refractivity contribution in [3.8, 4) is 0 Å². The Kier molecular flexibility index (Phi) is 4.57. The third-order valence-electron chi connectivity index (χ3n) is 3.54. The zero-order valence-corrected chi connectivity index (χ0v) is 11.9. The van der Waals surface area contributed by atoms with Gasteiger partial charge in [-0.15, -0.1) is 11.3 Å². The van der Waals surface area contributed by atoms with Crippen LogP contribution in [-0.4, -0.2) is 4.98 Å². The van der Waals surface area contributed by atoms with Crippen molar-refractivity contribution in [1.82, 2.24) is 4.98 Å². The summed E-state index contributed by atoms with van der Waals surface area (Å²) in [5, 5.41) is 1.36. The van der Waals surface area contributed by atoms with Crippen molar-refractivity contribution in [3.05, 3.63) is 15.6 Å². The molecule has 0 saturated heterocycles. The number of nitrogens with two attached hydrogens (primary N) is 1. The lowest BCUT2D eigenvalue weighted by molar-refractivity contribution is 0.441. The molecule has 1 aromatic rings. The van der Waals surface area contributed by atoms with Crippen LogP contribution in [-0.2, 0) is 13.0 Å². The minimum atomic E-state index is 0.659. The number of hydrogen-bond acceptors (Lipinski definition) is 3. The second-order valence-electron chi connectivity index (χ2n) is 5.56. The lowest BCUT2D eigenvalue weighted by Crippen LogP contribution is -2.05. The molecule has 0 aromatic carbocycles. The van der Waals surface area contributed by atoms with E-state index >= 15 is 0 Å². The van der Waals surface area contributed by atoms with E-state index in [9.17, 15) is 0 Å². The summed E-state index contributed by atoms with van der Waals surface area (Å²) in [5.41, 5.74) is 7.11. The van der Waals surface area contributed by atoms with Gasteiger partial charge in [-0.2, -0.15) is 0 Å². The molecule has 0 bridgehead atoms. The first-order chi connectivity index (χ1) is 8.20. The molecule has 0 radical (unpaired) electrons. The van der Waals surface area contributed by atoms with Gasteiger partial charge >= 0.3 is 0 Å². The van der Waals surface area contributed by atoms with Gasteiger partial charge in [0.05, 0.1) is 10.7 Å². The molecule has 3 heteroatoms. The Hall–Kier alpha value is -0.410. The SMILES string of the molecule is CC(C)Cc1nc(C2CCCCC2)sc1CN. The fourth-order valence-electron chi connectivity index (χ4n) is 2.63. The third kappa shape index (κ3) is 3.29. The summed E-state index contributed by atoms with van der Waals surface area (Å²) in [5.74, 6) is 1.39. The molecule has 17 heavy (non-hydrogen) atoms. The minimum absolute atomic E-state index is 0.659. The standard InChI is InChI=1S/C14H24N2S/c1-10(2)8-12-13(9-15)17-14(16-12)11-6-4-3-5-7-11/h10-11H,3-9,15H2,1-2H3. The lowest BCUT2D eigenvalue weighted by atomic mass is 9.90. The second kappa shape index (κ2) is 5.96. The summed E-state index contributed by atoms with van der Waals surface area (Å²) >= 11 is 1.87. The van der Waals surface area contributed by atoms with E-state index in [1.165, 1.54) is 47.7 Å². The van der Waals surface area contributed by atoms with Gasteiger partial charge in [0.1, 0.15) is 0 Å². The smallest absolute Gasteiger partial charge is 0.0962 e. The Bertz CT molecular complexity index is 351. The molecule has 1 saturated carbocycles. The summed E-state index contributed by atoms with van der Waals surface area (Å²) in [4.78, 5) is 6.20. The molecule has 96 valence electrons. The van der Waals surface area contributed by atoms with Gasteiger partial charge in [0.15, 0.2) is 0 Å². The molecular formula is C14H24N2S.